The van der Waals surface area contributed by atoms with E-state index in [4.69, 9.17) is 4.74 Å². The maximum Gasteiger partial charge on any atom is 0.251 e. The Morgan fingerprint density at radius 2 is 2.00 bits per heavy atom. The lowest BCUT2D eigenvalue weighted by atomic mass is 10.1. The van der Waals surface area contributed by atoms with Crippen molar-refractivity contribution < 1.29 is 24.2 Å². The van der Waals surface area contributed by atoms with Crippen molar-refractivity contribution in [3.05, 3.63) is 29.8 Å². The highest BCUT2D eigenvalue weighted by atomic mass is 16.5. The number of amides is 3. The van der Waals surface area contributed by atoms with Gasteiger partial charge in [0.15, 0.2) is 0 Å². The van der Waals surface area contributed by atoms with Crippen molar-refractivity contribution in [2.75, 3.05) is 33.4 Å². The van der Waals surface area contributed by atoms with Crippen LogP contribution >= 0.6 is 0 Å². The molecule has 3 amide bonds. The Morgan fingerprint density at radius 1 is 1.30 bits per heavy atom. The third kappa shape index (κ3) is 4.97. The lowest BCUT2D eigenvalue weighted by Crippen LogP contribution is -2.48. The zero-order valence-corrected chi connectivity index (χ0v) is 16.0. The van der Waals surface area contributed by atoms with Crippen LogP contribution in [0.2, 0.25) is 0 Å². The van der Waals surface area contributed by atoms with Gasteiger partial charge in [-0.1, -0.05) is 6.07 Å². The number of phenols is 1. The molecule has 8 nitrogen and oxygen atoms in total. The summed E-state index contributed by atoms with van der Waals surface area (Å²) in [4.78, 5) is 40.8. The highest BCUT2D eigenvalue weighted by Gasteiger charge is 2.41. The third-order valence-electron chi connectivity index (χ3n) is 4.69. The van der Waals surface area contributed by atoms with Crippen molar-refractivity contribution in [2.24, 2.45) is 0 Å². The number of hydrogen-bond donors (Lipinski definition) is 2. The van der Waals surface area contributed by atoms with Gasteiger partial charge in [0.05, 0.1) is 0 Å². The Labute approximate surface area is 159 Å². The number of aromatic hydroxyl groups is 1. The van der Waals surface area contributed by atoms with E-state index >= 15 is 0 Å². The molecule has 1 aliphatic heterocycles. The standard InChI is InChI=1S/C19H27N3O5/c1-4-21(5-2)19(26)16-10-14(11-22(16)17(24)12-27-3)20-18(25)13-7-6-8-15(23)9-13/h6-9,14,16,23H,4-5,10-12H2,1-3H3,(H,20,25). The Morgan fingerprint density at radius 3 is 2.59 bits per heavy atom. The van der Waals surface area contributed by atoms with Crippen LogP contribution in [0.3, 0.4) is 0 Å². The lowest BCUT2D eigenvalue weighted by molar-refractivity contribution is -0.145. The van der Waals surface area contributed by atoms with E-state index in [0.717, 1.165) is 0 Å². The number of likely N-dealkylation sites (tertiary alicyclic amines) is 1. The minimum Gasteiger partial charge on any atom is -0.508 e. The van der Waals surface area contributed by atoms with Crippen LogP contribution in [0.5, 0.6) is 5.75 Å². The van der Waals surface area contributed by atoms with Crippen molar-refractivity contribution in [3.63, 3.8) is 0 Å². The smallest absolute Gasteiger partial charge is 0.251 e. The number of carbonyl (C=O) groups excluding carboxylic acids is 3. The van der Waals surface area contributed by atoms with Crippen molar-refractivity contribution >= 4 is 17.7 Å². The van der Waals surface area contributed by atoms with Crippen LogP contribution in [-0.4, -0.2) is 78.1 Å². The van der Waals surface area contributed by atoms with Gasteiger partial charge in [0, 0.05) is 38.3 Å². The average Bonchev–Trinajstić information content (AvgIpc) is 3.06. The SMILES string of the molecule is CCN(CC)C(=O)C1CC(NC(=O)c2cccc(O)c2)CN1C(=O)COC. The number of rotatable bonds is 7. The molecule has 1 aliphatic rings. The second-order valence-corrected chi connectivity index (χ2v) is 6.46. The molecule has 2 N–H and O–H groups in total. The predicted octanol–water partition coefficient (Wildman–Crippen LogP) is 0.606. The number of benzene rings is 1. The van der Waals surface area contributed by atoms with Gasteiger partial charge in [-0.25, -0.2) is 0 Å². The number of methoxy groups -OCH3 is 1. The summed E-state index contributed by atoms with van der Waals surface area (Å²) in [7, 11) is 1.43. The summed E-state index contributed by atoms with van der Waals surface area (Å²) in [5.74, 6) is -0.762. The summed E-state index contributed by atoms with van der Waals surface area (Å²) in [5.41, 5.74) is 0.322. The zero-order valence-electron chi connectivity index (χ0n) is 16.0. The highest BCUT2D eigenvalue weighted by Crippen LogP contribution is 2.21. The monoisotopic (exact) mass is 377 g/mol. The fraction of sp³-hybridized carbons (Fsp3) is 0.526. The first-order chi connectivity index (χ1) is 12.9. The largest absolute Gasteiger partial charge is 0.508 e. The first-order valence-corrected chi connectivity index (χ1v) is 9.08. The van der Waals surface area contributed by atoms with Gasteiger partial charge in [0.2, 0.25) is 11.8 Å². The molecule has 0 saturated carbocycles. The van der Waals surface area contributed by atoms with Crippen molar-refractivity contribution in [1.29, 1.82) is 0 Å². The predicted molar refractivity (Wildman–Crippen MR) is 99.3 cm³/mol. The Kier molecular flexibility index (Phi) is 7.18. The van der Waals surface area contributed by atoms with Crippen molar-refractivity contribution in [2.45, 2.75) is 32.4 Å². The van der Waals surface area contributed by atoms with Gasteiger partial charge in [-0.3, -0.25) is 14.4 Å². The van der Waals surface area contributed by atoms with Gasteiger partial charge < -0.3 is 25.0 Å². The number of carbonyl (C=O) groups is 3. The fourth-order valence-corrected chi connectivity index (χ4v) is 3.32. The molecule has 8 heteroatoms. The minimum absolute atomic E-state index is 0.000517. The molecule has 2 rings (SSSR count). The van der Waals surface area contributed by atoms with Gasteiger partial charge in [0.25, 0.3) is 5.91 Å². The maximum absolute atomic E-state index is 12.8. The van der Waals surface area contributed by atoms with Crippen LogP contribution < -0.4 is 5.32 Å². The topological polar surface area (TPSA) is 99.2 Å². The van der Waals surface area contributed by atoms with Gasteiger partial charge in [-0.05, 0) is 38.5 Å². The second kappa shape index (κ2) is 9.36. The van der Waals surface area contributed by atoms with Crippen LogP contribution in [0.25, 0.3) is 0 Å². The van der Waals surface area contributed by atoms with Gasteiger partial charge >= 0.3 is 0 Å². The third-order valence-corrected chi connectivity index (χ3v) is 4.69. The van der Waals surface area contributed by atoms with E-state index in [9.17, 15) is 19.5 Å². The number of nitrogens with one attached hydrogen (secondary N) is 1. The van der Waals surface area contributed by atoms with E-state index in [0.29, 0.717) is 25.1 Å². The number of ether oxygens (including phenoxy) is 1. The van der Waals surface area contributed by atoms with Crippen molar-refractivity contribution in [3.8, 4) is 5.75 Å². The molecule has 0 aromatic heterocycles. The van der Waals surface area contributed by atoms with Crippen LogP contribution in [0.15, 0.2) is 24.3 Å². The normalized spacial score (nSPS) is 19.0. The van der Waals surface area contributed by atoms with Crippen LogP contribution in [0.4, 0.5) is 0 Å². The molecule has 27 heavy (non-hydrogen) atoms. The molecule has 0 bridgehead atoms. The summed E-state index contributed by atoms with van der Waals surface area (Å²) in [5, 5.41) is 12.4. The van der Waals surface area contributed by atoms with E-state index in [2.05, 4.69) is 5.32 Å². The molecule has 2 unspecified atom stereocenters. The van der Waals surface area contributed by atoms with E-state index < -0.39 is 6.04 Å². The van der Waals surface area contributed by atoms with E-state index in [-0.39, 0.29) is 42.7 Å². The number of likely N-dealkylation sites (N-methyl/N-ethyl adjacent to an activating group) is 1. The molecule has 1 saturated heterocycles. The summed E-state index contributed by atoms with van der Waals surface area (Å²) in [6, 6.07) is 5.05. The lowest BCUT2D eigenvalue weighted by Gasteiger charge is -2.28. The molecule has 1 aromatic carbocycles. The van der Waals surface area contributed by atoms with Crippen LogP contribution in [-0.2, 0) is 14.3 Å². The first-order valence-electron chi connectivity index (χ1n) is 9.08. The number of nitrogens with zero attached hydrogens (tertiary/aromatic N) is 2. The molecule has 0 spiro atoms. The van der Waals surface area contributed by atoms with Crippen LogP contribution in [0, 0.1) is 0 Å². The zero-order chi connectivity index (χ0) is 20.0. The quantitative estimate of drug-likeness (QED) is 0.725. The molecular weight excluding hydrogens is 350 g/mol. The fourth-order valence-electron chi connectivity index (χ4n) is 3.32. The number of phenolic OH excluding ortho intramolecular Hbond substituents is 1. The van der Waals surface area contributed by atoms with Gasteiger partial charge in [-0.2, -0.15) is 0 Å². The van der Waals surface area contributed by atoms with Gasteiger partial charge in [0.1, 0.15) is 18.4 Å². The van der Waals surface area contributed by atoms with Crippen molar-refractivity contribution in [1.82, 2.24) is 15.1 Å². The second-order valence-electron chi connectivity index (χ2n) is 6.46. The van der Waals surface area contributed by atoms with E-state index in [1.807, 2.05) is 13.8 Å². The van der Waals surface area contributed by atoms with Gasteiger partial charge in [-0.15, -0.1) is 0 Å². The van der Waals surface area contributed by atoms with Crippen LogP contribution in [0.1, 0.15) is 30.6 Å². The molecule has 2 atom stereocenters. The molecule has 148 valence electrons. The maximum atomic E-state index is 12.8. The molecule has 1 fully saturated rings. The summed E-state index contributed by atoms with van der Waals surface area (Å²) in [6.07, 6.45) is 0.343. The Bertz CT molecular complexity index is 690. The van der Waals surface area contributed by atoms with E-state index in [1.54, 1.807) is 17.0 Å². The molecule has 1 heterocycles. The molecular formula is C19H27N3O5. The summed E-state index contributed by atoms with van der Waals surface area (Å²) in [6.45, 7) is 5.01. The average molecular weight is 377 g/mol. The Hall–Kier alpha value is -2.61. The minimum atomic E-state index is -0.623. The van der Waals surface area contributed by atoms with E-state index in [1.165, 1.54) is 24.1 Å². The molecule has 0 radical (unpaired) electrons. The molecule has 1 aromatic rings. The highest BCUT2D eigenvalue weighted by molar-refractivity contribution is 5.95. The first kappa shape index (κ1) is 20.7. The summed E-state index contributed by atoms with van der Waals surface area (Å²) < 4.78 is 4.92. The molecule has 0 aliphatic carbocycles. The number of hydrogen-bond acceptors (Lipinski definition) is 5. The summed E-state index contributed by atoms with van der Waals surface area (Å²) >= 11 is 0. The Balaban J connectivity index is 2.14.